The summed E-state index contributed by atoms with van der Waals surface area (Å²) in [6, 6.07) is 8.06. The summed E-state index contributed by atoms with van der Waals surface area (Å²) >= 11 is 0. The van der Waals surface area contributed by atoms with Gasteiger partial charge in [-0.2, -0.15) is 0 Å². The van der Waals surface area contributed by atoms with E-state index in [4.69, 9.17) is 0 Å². The predicted molar refractivity (Wildman–Crippen MR) is 36.5 cm³/mol. The second-order valence-electron chi connectivity index (χ2n) is 1.65. The van der Waals surface area contributed by atoms with Crippen LogP contribution in [0.1, 0.15) is 10.4 Å². The standard InChI is InChI=1S/C7H5O2.H3N/c8-7(9)6-4-2-1-3-5-6;/h1-5H;1H3. The Balaban J connectivity index is 0.000000810. The molecular formula is C7H8NO2. The molecule has 0 fully saturated rings. The van der Waals surface area contributed by atoms with Crippen molar-refractivity contribution in [3.8, 4) is 0 Å². The third-order valence-corrected chi connectivity index (χ3v) is 1.01. The zero-order valence-corrected chi connectivity index (χ0v) is 5.41. The molecule has 1 aromatic carbocycles. The molecule has 0 aliphatic heterocycles. The summed E-state index contributed by atoms with van der Waals surface area (Å²) in [6.07, 6.45) is 0. The number of benzene rings is 1. The molecule has 53 valence electrons. The minimum absolute atomic E-state index is 0. The molecule has 0 aliphatic rings. The Hall–Kier alpha value is -1.35. The van der Waals surface area contributed by atoms with Crippen LogP contribution < -0.4 is 6.15 Å². The molecule has 3 N–H and O–H groups in total. The maximum atomic E-state index is 10.1. The first-order valence-corrected chi connectivity index (χ1v) is 2.57. The van der Waals surface area contributed by atoms with E-state index in [0.29, 0.717) is 0 Å². The third kappa shape index (κ3) is 1.87. The van der Waals surface area contributed by atoms with Gasteiger partial charge in [0.05, 0.1) is 5.56 Å². The number of carbonyl (C=O) groups is 1. The summed E-state index contributed by atoms with van der Waals surface area (Å²) in [6.45, 7) is 0. The lowest BCUT2D eigenvalue weighted by Crippen LogP contribution is -1.91. The highest BCUT2D eigenvalue weighted by atomic mass is 16.4. The highest BCUT2D eigenvalue weighted by molar-refractivity contribution is 5.86. The van der Waals surface area contributed by atoms with Crippen LogP contribution in [0, 0.1) is 0 Å². The van der Waals surface area contributed by atoms with Crippen molar-refractivity contribution in [1.82, 2.24) is 6.15 Å². The molecule has 10 heavy (non-hydrogen) atoms. The highest BCUT2D eigenvalue weighted by Crippen LogP contribution is 1.96. The number of rotatable bonds is 1. The monoisotopic (exact) mass is 138 g/mol. The van der Waals surface area contributed by atoms with Crippen molar-refractivity contribution in [2.45, 2.75) is 0 Å². The second-order valence-corrected chi connectivity index (χ2v) is 1.65. The maximum absolute atomic E-state index is 10.1. The van der Waals surface area contributed by atoms with Crippen molar-refractivity contribution < 1.29 is 9.90 Å². The average Bonchev–Trinajstić information content (AvgIpc) is 1.90. The lowest BCUT2D eigenvalue weighted by molar-refractivity contribution is 0.0573. The Morgan fingerprint density at radius 2 is 1.60 bits per heavy atom. The summed E-state index contributed by atoms with van der Waals surface area (Å²) in [5.74, 6) is -1.13. The molecule has 1 radical (unpaired) electrons. The zero-order valence-electron chi connectivity index (χ0n) is 5.41. The molecule has 0 spiro atoms. The largest absolute Gasteiger partial charge is 0.386 e. The molecule has 0 bridgehead atoms. The van der Waals surface area contributed by atoms with E-state index in [9.17, 15) is 9.90 Å². The number of hydrogen-bond donors (Lipinski definition) is 1. The van der Waals surface area contributed by atoms with Crippen LogP contribution in [0.4, 0.5) is 0 Å². The summed E-state index contributed by atoms with van der Waals surface area (Å²) in [4.78, 5) is 10.1. The third-order valence-electron chi connectivity index (χ3n) is 1.01. The summed E-state index contributed by atoms with van der Waals surface area (Å²) in [5.41, 5.74) is 0.220. The van der Waals surface area contributed by atoms with E-state index in [2.05, 4.69) is 0 Å². The van der Waals surface area contributed by atoms with Gasteiger partial charge in [-0.25, -0.2) is 9.90 Å². The fraction of sp³-hybridized carbons (Fsp3) is 0. The molecular weight excluding hydrogens is 130 g/mol. The summed E-state index contributed by atoms with van der Waals surface area (Å²) in [5, 5.41) is 10.1. The van der Waals surface area contributed by atoms with Crippen LogP contribution in [0.5, 0.6) is 0 Å². The van der Waals surface area contributed by atoms with Gasteiger partial charge in [-0.3, -0.25) is 0 Å². The molecule has 1 aromatic rings. The Labute approximate surface area is 58.9 Å². The number of carbonyl (C=O) groups excluding carboxylic acids is 1. The van der Waals surface area contributed by atoms with Gasteiger partial charge < -0.3 is 6.15 Å². The van der Waals surface area contributed by atoms with E-state index in [1.165, 1.54) is 12.1 Å². The minimum Gasteiger partial charge on any atom is -0.344 e. The van der Waals surface area contributed by atoms with Crippen molar-refractivity contribution >= 4 is 5.97 Å². The van der Waals surface area contributed by atoms with Crippen molar-refractivity contribution in [2.75, 3.05) is 0 Å². The Morgan fingerprint density at radius 1 is 1.10 bits per heavy atom. The van der Waals surface area contributed by atoms with Gasteiger partial charge in [0.1, 0.15) is 0 Å². The summed E-state index contributed by atoms with van der Waals surface area (Å²) in [7, 11) is 0. The van der Waals surface area contributed by atoms with Crippen LogP contribution in [-0.4, -0.2) is 5.97 Å². The van der Waals surface area contributed by atoms with Crippen molar-refractivity contribution in [3.05, 3.63) is 35.9 Å². The molecule has 3 nitrogen and oxygen atoms in total. The fourth-order valence-corrected chi connectivity index (χ4v) is 0.574. The predicted octanol–water partition coefficient (Wildman–Crippen LogP) is 1.42. The molecule has 3 heteroatoms. The second kappa shape index (κ2) is 3.63. The van der Waals surface area contributed by atoms with Crippen LogP contribution in [0.25, 0.3) is 0 Å². The van der Waals surface area contributed by atoms with Crippen LogP contribution in [0.15, 0.2) is 30.3 Å². The van der Waals surface area contributed by atoms with Gasteiger partial charge in [0.2, 0.25) is 0 Å². The molecule has 0 unspecified atom stereocenters. The molecule has 0 amide bonds. The first kappa shape index (κ1) is 8.65. The van der Waals surface area contributed by atoms with Crippen molar-refractivity contribution in [2.24, 2.45) is 0 Å². The normalized spacial score (nSPS) is 8.00. The molecule has 0 atom stereocenters. The Morgan fingerprint density at radius 3 is 1.90 bits per heavy atom. The summed E-state index contributed by atoms with van der Waals surface area (Å²) < 4.78 is 0. The quantitative estimate of drug-likeness (QED) is 0.637. The molecule has 0 heterocycles. The lowest BCUT2D eigenvalue weighted by Gasteiger charge is -1.85. The smallest absolute Gasteiger partial charge is 0.344 e. The first-order chi connectivity index (χ1) is 4.30. The van der Waals surface area contributed by atoms with E-state index in [1.807, 2.05) is 0 Å². The van der Waals surface area contributed by atoms with Gasteiger partial charge in [-0.05, 0) is 12.1 Å². The van der Waals surface area contributed by atoms with Gasteiger partial charge in [-0.1, -0.05) is 18.2 Å². The molecule has 0 saturated heterocycles. The first-order valence-electron chi connectivity index (χ1n) is 2.57. The van der Waals surface area contributed by atoms with Crippen LogP contribution in [0.2, 0.25) is 0 Å². The van der Waals surface area contributed by atoms with E-state index in [0.717, 1.165) is 0 Å². The van der Waals surface area contributed by atoms with Gasteiger partial charge in [0, 0.05) is 0 Å². The Bertz CT molecular complexity index is 208. The van der Waals surface area contributed by atoms with Gasteiger partial charge in [0.15, 0.2) is 0 Å². The molecule has 1 rings (SSSR count). The lowest BCUT2D eigenvalue weighted by atomic mass is 10.2. The molecule has 0 aromatic heterocycles. The molecule has 0 aliphatic carbocycles. The van der Waals surface area contributed by atoms with E-state index < -0.39 is 5.97 Å². The van der Waals surface area contributed by atoms with Gasteiger partial charge >= 0.3 is 5.97 Å². The van der Waals surface area contributed by atoms with Crippen molar-refractivity contribution in [1.29, 1.82) is 0 Å². The van der Waals surface area contributed by atoms with Gasteiger partial charge in [-0.15, -0.1) is 0 Å². The zero-order chi connectivity index (χ0) is 6.69. The average molecular weight is 138 g/mol. The topological polar surface area (TPSA) is 72.0 Å². The SMILES string of the molecule is N.[O]C(=O)c1ccccc1. The molecule has 0 saturated carbocycles. The maximum Gasteiger partial charge on any atom is 0.386 e. The number of hydrogen-bond acceptors (Lipinski definition) is 2. The van der Waals surface area contributed by atoms with Crippen molar-refractivity contribution in [3.63, 3.8) is 0 Å². The van der Waals surface area contributed by atoms with E-state index in [-0.39, 0.29) is 11.7 Å². The van der Waals surface area contributed by atoms with Gasteiger partial charge in [0.25, 0.3) is 0 Å². The Kier molecular flexibility index (Phi) is 3.14. The fourth-order valence-electron chi connectivity index (χ4n) is 0.574. The highest BCUT2D eigenvalue weighted by Gasteiger charge is 1.99. The van der Waals surface area contributed by atoms with Crippen LogP contribution in [-0.2, 0) is 5.11 Å². The van der Waals surface area contributed by atoms with E-state index in [1.54, 1.807) is 18.2 Å². The van der Waals surface area contributed by atoms with Crippen LogP contribution in [0.3, 0.4) is 0 Å². The minimum atomic E-state index is -1.13. The van der Waals surface area contributed by atoms with E-state index >= 15 is 0 Å². The van der Waals surface area contributed by atoms with Crippen LogP contribution >= 0.6 is 0 Å².